The van der Waals surface area contributed by atoms with E-state index in [1.807, 2.05) is 0 Å². The van der Waals surface area contributed by atoms with Crippen LogP contribution in [0.3, 0.4) is 0 Å². The molecule has 0 heterocycles. The van der Waals surface area contributed by atoms with Gasteiger partial charge in [0.05, 0.1) is 0 Å². The van der Waals surface area contributed by atoms with Gasteiger partial charge in [-0.05, 0) is 32.9 Å². The normalized spacial score (nSPS) is 37.5. The molecule has 2 unspecified atom stereocenters. The van der Waals surface area contributed by atoms with E-state index in [9.17, 15) is 0 Å². The van der Waals surface area contributed by atoms with E-state index in [1.165, 1.54) is 12.8 Å². The Kier molecular flexibility index (Phi) is 1.57. The van der Waals surface area contributed by atoms with E-state index in [2.05, 4.69) is 25.9 Å². The zero-order valence-electron chi connectivity index (χ0n) is 6.02. The summed E-state index contributed by atoms with van der Waals surface area (Å²) in [5.74, 6) is 0.949. The molecule has 0 aromatic carbocycles. The van der Waals surface area contributed by atoms with Gasteiger partial charge in [0.25, 0.3) is 0 Å². The van der Waals surface area contributed by atoms with Crippen LogP contribution in [0.15, 0.2) is 0 Å². The van der Waals surface area contributed by atoms with Crippen molar-refractivity contribution in [3.8, 4) is 0 Å². The van der Waals surface area contributed by atoms with E-state index >= 15 is 0 Å². The highest BCUT2D eigenvalue weighted by Gasteiger charge is 2.27. The first kappa shape index (κ1) is 6.09. The number of hydrogen-bond donors (Lipinski definition) is 0. The quantitative estimate of drug-likeness (QED) is 0.496. The smallest absolute Gasteiger partial charge is 0.0115 e. The third-order valence-electron chi connectivity index (χ3n) is 2.24. The Morgan fingerprint density at radius 1 is 1.25 bits per heavy atom. The van der Waals surface area contributed by atoms with Crippen LogP contribution in [0.1, 0.15) is 19.8 Å². The van der Waals surface area contributed by atoms with Crippen molar-refractivity contribution in [1.82, 2.24) is 4.90 Å². The lowest BCUT2D eigenvalue weighted by Crippen LogP contribution is -2.41. The van der Waals surface area contributed by atoms with Gasteiger partial charge in [0.15, 0.2) is 0 Å². The molecule has 0 amide bonds. The molecular formula is C7H15N. The summed E-state index contributed by atoms with van der Waals surface area (Å²) in [6, 6.07) is 0.884. The van der Waals surface area contributed by atoms with Crippen molar-refractivity contribution in [1.29, 1.82) is 0 Å². The van der Waals surface area contributed by atoms with Gasteiger partial charge in [-0.15, -0.1) is 0 Å². The van der Waals surface area contributed by atoms with Crippen molar-refractivity contribution in [3.05, 3.63) is 0 Å². The van der Waals surface area contributed by atoms with Crippen LogP contribution in [0, 0.1) is 5.92 Å². The van der Waals surface area contributed by atoms with Gasteiger partial charge in [-0.3, -0.25) is 0 Å². The lowest BCUT2D eigenvalue weighted by molar-refractivity contribution is 0.120. The van der Waals surface area contributed by atoms with Gasteiger partial charge in [-0.25, -0.2) is 0 Å². The van der Waals surface area contributed by atoms with Crippen molar-refractivity contribution in [3.63, 3.8) is 0 Å². The van der Waals surface area contributed by atoms with Gasteiger partial charge in [0, 0.05) is 6.04 Å². The Labute approximate surface area is 51.7 Å². The number of rotatable bonds is 1. The monoisotopic (exact) mass is 113 g/mol. The van der Waals surface area contributed by atoms with Gasteiger partial charge in [-0.1, -0.05) is 6.92 Å². The molecule has 2 atom stereocenters. The zero-order chi connectivity index (χ0) is 6.15. The summed E-state index contributed by atoms with van der Waals surface area (Å²) in [6.45, 7) is 2.33. The molecule has 0 spiro atoms. The third-order valence-corrected chi connectivity index (χ3v) is 2.24. The molecule has 0 bridgehead atoms. The zero-order valence-corrected chi connectivity index (χ0v) is 6.02. The molecule has 1 saturated carbocycles. The molecule has 1 aliphatic rings. The van der Waals surface area contributed by atoms with Crippen molar-refractivity contribution >= 4 is 0 Å². The minimum absolute atomic E-state index is 0.884. The fourth-order valence-corrected chi connectivity index (χ4v) is 1.42. The van der Waals surface area contributed by atoms with Crippen LogP contribution < -0.4 is 0 Å². The summed E-state index contributed by atoms with van der Waals surface area (Å²) < 4.78 is 0. The van der Waals surface area contributed by atoms with Gasteiger partial charge < -0.3 is 4.90 Å². The molecule has 1 fully saturated rings. The van der Waals surface area contributed by atoms with Crippen LogP contribution >= 0.6 is 0 Å². The van der Waals surface area contributed by atoms with Crippen LogP contribution in [0.4, 0.5) is 0 Å². The molecule has 1 heteroatoms. The Balaban J connectivity index is 2.26. The molecule has 1 aliphatic carbocycles. The van der Waals surface area contributed by atoms with E-state index in [0.717, 1.165) is 12.0 Å². The molecule has 8 heavy (non-hydrogen) atoms. The number of hydrogen-bond acceptors (Lipinski definition) is 1. The summed E-state index contributed by atoms with van der Waals surface area (Å²) in [7, 11) is 4.33. The summed E-state index contributed by atoms with van der Waals surface area (Å²) in [6.07, 6.45) is 2.84. The first-order chi connectivity index (χ1) is 3.72. The van der Waals surface area contributed by atoms with E-state index < -0.39 is 0 Å². The molecular weight excluding hydrogens is 98.1 g/mol. The minimum Gasteiger partial charge on any atom is -0.306 e. The molecule has 48 valence electrons. The largest absolute Gasteiger partial charge is 0.306 e. The second kappa shape index (κ2) is 2.06. The maximum Gasteiger partial charge on any atom is 0.0115 e. The fraction of sp³-hybridized carbons (Fsp3) is 1.00. The van der Waals surface area contributed by atoms with E-state index in [-0.39, 0.29) is 0 Å². The van der Waals surface area contributed by atoms with Crippen molar-refractivity contribution in [2.75, 3.05) is 14.1 Å². The average molecular weight is 113 g/mol. The minimum atomic E-state index is 0.884. The molecule has 0 radical (unpaired) electrons. The molecule has 0 N–H and O–H groups in total. The predicted molar refractivity (Wildman–Crippen MR) is 35.9 cm³/mol. The third kappa shape index (κ3) is 0.873. The van der Waals surface area contributed by atoms with Crippen LogP contribution in [0.2, 0.25) is 0 Å². The van der Waals surface area contributed by atoms with Crippen LogP contribution in [0.5, 0.6) is 0 Å². The SMILES string of the molecule is CC1CCC1N(C)C. The first-order valence-electron chi connectivity index (χ1n) is 3.38. The lowest BCUT2D eigenvalue weighted by Gasteiger charge is -2.38. The van der Waals surface area contributed by atoms with E-state index in [0.29, 0.717) is 0 Å². The van der Waals surface area contributed by atoms with Crippen molar-refractivity contribution in [2.24, 2.45) is 5.92 Å². The second-order valence-corrected chi connectivity index (χ2v) is 3.09. The van der Waals surface area contributed by atoms with Crippen LogP contribution in [-0.2, 0) is 0 Å². The summed E-state index contributed by atoms with van der Waals surface area (Å²) in [5.41, 5.74) is 0. The fourth-order valence-electron chi connectivity index (χ4n) is 1.42. The van der Waals surface area contributed by atoms with Crippen LogP contribution in [0.25, 0.3) is 0 Å². The Hall–Kier alpha value is -0.0400. The highest BCUT2D eigenvalue weighted by atomic mass is 15.1. The molecule has 0 aromatic rings. The standard InChI is InChI=1S/C7H15N/c1-6-4-5-7(6)8(2)3/h6-7H,4-5H2,1-3H3. The Morgan fingerprint density at radius 3 is 1.88 bits per heavy atom. The lowest BCUT2D eigenvalue weighted by atomic mass is 9.80. The highest BCUT2D eigenvalue weighted by molar-refractivity contribution is 4.82. The molecule has 0 aliphatic heterocycles. The Morgan fingerprint density at radius 2 is 1.88 bits per heavy atom. The van der Waals surface area contributed by atoms with Gasteiger partial charge in [0.1, 0.15) is 0 Å². The van der Waals surface area contributed by atoms with Crippen molar-refractivity contribution < 1.29 is 0 Å². The highest BCUT2D eigenvalue weighted by Crippen LogP contribution is 2.29. The van der Waals surface area contributed by atoms with Crippen LogP contribution in [-0.4, -0.2) is 25.0 Å². The predicted octanol–water partition coefficient (Wildman–Crippen LogP) is 1.35. The van der Waals surface area contributed by atoms with Gasteiger partial charge in [0.2, 0.25) is 0 Å². The van der Waals surface area contributed by atoms with E-state index in [4.69, 9.17) is 0 Å². The molecule has 0 aromatic heterocycles. The van der Waals surface area contributed by atoms with Crippen molar-refractivity contribution in [2.45, 2.75) is 25.8 Å². The molecule has 1 rings (SSSR count). The average Bonchev–Trinajstić information content (AvgIpc) is 1.61. The first-order valence-corrected chi connectivity index (χ1v) is 3.38. The summed E-state index contributed by atoms with van der Waals surface area (Å²) in [5, 5.41) is 0. The maximum absolute atomic E-state index is 2.33. The molecule has 0 saturated heterocycles. The second-order valence-electron chi connectivity index (χ2n) is 3.09. The molecule has 1 nitrogen and oxygen atoms in total. The maximum atomic E-state index is 2.33. The van der Waals surface area contributed by atoms with Gasteiger partial charge >= 0.3 is 0 Å². The topological polar surface area (TPSA) is 3.24 Å². The van der Waals surface area contributed by atoms with Gasteiger partial charge in [-0.2, -0.15) is 0 Å². The summed E-state index contributed by atoms with van der Waals surface area (Å²) >= 11 is 0. The summed E-state index contributed by atoms with van der Waals surface area (Å²) in [4.78, 5) is 2.33. The Bertz CT molecular complexity index is 73.7. The van der Waals surface area contributed by atoms with E-state index in [1.54, 1.807) is 0 Å². The number of nitrogens with zero attached hydrogens (tertiary/aromatic N) is 1.